The highest BCUT2D eigenvalue weighted by Crippen LogP contribution is 2.25. The van der Waals surface area contributed by atoms with E-state index >= 15 is 0 Å². The summed E-state index contributed by atoms with van der Waals surface area (Å²) in [6, 6.07) is 11.5. The lowest BCUT2D eigenvalue weighted by Crippen LogP contribution is -2.01. The minimum Gasteiger partial charge on any atom is -0.367 e. The van der Waals surface area contributed by atoms with Gasteiger partial charge in [-0.05, 0) is 30.5 Å². The fourth-order valence-electron chi connectivity index (χ4n) is 1.84. The van der Waals surface area contributed by atoms with E-state index in [2.05, 4.69) is 10.1 Å². The Morgan fingerprint density at radius 3 is 2.90 bits per heavy atom. The van der Waals surface area contributed by atoms with Crippen LogP contribution in [0.3, 0.4) is 0 Å². The quantitative estimate of drug-likeness (QED) is 0.451. The highest BCUT2D eigenvalue weighted by Gasteiger charge is 2.12. The smallest absolute Gasteiger partial charge is 0.367 e. The normalized spacial score (nSPS) is 11.8. The van der Waals surface area contributed by atoms with Gasteiger partial charge in [-0.1, -0.05) is 23.4 Å². The first kappa shape index (κ1) is 12.6. The summed E-state index contributed by atoms with van der Waals surface area (Å²) in [5.74, 6) is -0.430. The van der Waals surface area contributed by atoms with Crippen molar-refractivity contribution in [3.8, 4) is 0 Å². The topological polar surface area (TPSA) is 54.4 Å². The molecule has 0 aliphatic heterocycles. The molecule has 0 atom stereocenters. The summed E-state index contributed by atoms with van der Waals surface area (Å²) in [4.78, 5) is 20.4. The van der Waals surface area contributed by atoms with Crippen molar-refractivity contribution >= 4 is 33.1 Å². The molecule has 1 aromatic carbocycles. The van der Waals surface area contributed by atoms with Crippen molar-refractivity contribution in [3.05, 3.63) is 59.2 Å². The van der Waals surface area contributed by atoms with Crippen LogP contribution in [0.15, 0.2) is 53.9 Å². The van der Waals surface area contributed by atoms with Crippen molar-refractivity contribution in [1.29, 1.82) is 0 Å². The fourth-order valence-corrected chi connectivity index (χ4v) is 2.77. The second kappa shape index (κ2) is 5.30. The molecular formula is C15H12N2O2S. The van der Waals surface area contributed by atoms with Crippen LogP contribution in [0.1, 0.15) is 22.2 Å². The molecule has 3 rings (SSSR count). The molecule has 0 fully saturated rings. The van der Waals surface area contributed by atoms with Gasteiger partial charge in [0.05, 0.1) is 5.71 Å². The molecule has 4 nitrogen and oxygen atoms in total. The largest absolute Gasteiger partial charge is 0.375 e. The van der Waals surface area contributed by atoms with Gasteiger partial charge in [0.25, 0.3) is 0 Å². The van der Waals surface area contributed by atoms with Crippen molar-refractivity contribution in [2.24, 2.45) is 5.16 Å². The van der Waals surface area contributed by atoms with Crippen LogP contribution in [-0.4, -0.2) is 16.7 Å². The van der Waals surface area contributed by atoms with Gasteiger partial charge in [0.1, 0.15) is 4.88 Å². The van der Waals surface area contributed by atoms with Crippen LogP contribution in [0.2, 0.25) is 0 Å². The Kier molecular flexibility index (Phi) is 3.35. The van der Waals surface area contributed by atoms with E-state index < -0.39 is 5.97 Å². The zero-order valence-electron chi connectivity index (χ0n) is 10.8. The number of nitrogens with one attached hydrogen (secondary N) is 1. The molecule has 5 heteroatoms. The summed E-state index contributed by atoms with van der Waals surface area (Å²) in [5, 5.41) is 4.90. The highest BCUT2D eigenvalue weighted by atomic mass is 32.1. The van der Waals surface area contributed by atoms with E-state index in [0.29, 0.717) is 10.6 Å². The summed E-state index contributed by atoms with van der Waals surface area (Å²) in [7, 11) is 0. The standard InChI is InChI=1S/C15H12N2O2S/c1-10(12-6-7-16-9-12)17-19-15(18)14-8-11-4-2-3-5-13(11)20-14/h2-9,16H,1H3/b17-10+. The van der Waals surface area contributed by atoms with Crippen molar-refractivity contribution < 1.29 is 9.63 Å². The van der Waals surface area contributed by atoms with Gasteiger partial charge in [-0.2, -0.15) is 0 Å². The van der Waals surface area contributed by atoms with Crippen LogP contribution in [0.5, 0.6) is 0 Å². The predicted molar refractivity (Wildman–Crippen MR) is 80.2 cm³/mol. The number of carbonyl (C=O) groups is 1. The number of carbonyl (C=O) groups excluding carboxylic acids is 1. The summed E-state index contributed by atoms with van der Waals surface area (Å²) in [6.45, 7) is 1.79. The number of aromatic nitrogens is 1. The van der Waals surface area contributed by atoms with Gasteiger partial charge < -0.3 is 9.82 Å². The maximum atomic E-state index is 12.0. The summed E-state index contributed by atoms with van der Waals surface area (Å²) >= 11 is 1.40. The number of hydrogen-bond acceptors (Lipinski definition) is 4. The molecule has 2 aromatic heterocycles. The van der Waals surface area contributed by atoms with Crippen LogP contribution in [0.4, 0.5) is 0 Å². The molecule has 0 bridgehead atoms. The number of H-pyrrole nitrogens is 1. The van der Waals surface area contributed by atoms with E-state index in [1.807, 2.05) is 36.4 Å². The Labute approximate surface area is 119 Å². The first-order valence-corrected chi connectivity index (χ1v) is 6.93. The Morgan fingerprint density at radius 2 is 2.15 bits per heavy atom. The molecule has 0 radical (unpaired) electrons. The molecule has 2 heterocycles. The number of nitrogens with zero attached hydrogens (tertiary/aromatic N) is 1. The SMILES string of the molecule is C/C(=N\OC(=O)c1cc2ccccc2s1)c1cc[nH]c1. The van der Waals surface area contributed by atoms with Gasteiger partial charge in [0.15, 0.2) is 0 Å². The molecule has 0 saturated carbocycles. The van der Waals surface area contributed by atoms with Crippen molar-refractivity contribution in [2.75, 3.05) is 0 Å². The van der Waals surface area contributed by atoms with E-state index in [0.717, 1.165) is 15.6 Å². The Morgan fingerprint density at radius 1 is 1.30 bits per heavy atom. The second-order valence-corrected chi connectivity index (χ2v) is 5.39. The molecule has 1 N–H and O–H groups in total. The molecule has 20 heavy (non-hydrogen) atoms. The number of aromatic amines is 1. The number of oxime groups is 1. The monoisotopic (exact) mass is 284 g/mol. The number of rotatable bonds is 3. The third kappa shape index (κ3) is 2.48. The first-order valence-electron chi connectivity index (χ1n) is 6.12. The molecule has 0 aliphatic rings. The highest BCUT2D eigenvalue weighted by molar-refractivity contribution is 7.20. The van der Waals surface area contributed by atoms with Gasteiger partial charge in [0.2, 0.25) is 0 Å². The summed E-state index contributed by atoms with van der Waals surface area (Å²) in [5.41, 5.74) is 1.55. The number of fused-ring (bicyclic) bond motifs is 1. The molecule has 3 aromatic rings. The van der Waals surface area contributed by atoms with Gasteiger partial charge in [-0.15, -0.1) is 11.3 Å². The number of benzene rings is 1. The Hall–Kier alpha value is -2.40. The molecule has 0 amide bonds. The lowest BCUT2D eigenvalue weighted by molar-refractivity contribution is 0.0522. The van der Waals surface area contributed by atoms with Crippen LogP contribution in [0.25, 0.3) is 10.1 Å². The number of hydrogen-bond donors (Lipinski definition) is 1. The molecule has 0 spiro atoms. The van der Waals surface area contributed by atoms with Gasteiger partial charge >= 0.3 is 5.97 Å². The van der Waals surface area contributed by atoms with Gasteiger partial charge in [0, 0.05) is 22.7 Å². The van der Waals surface area contributed by atoms with Crippen LogP contribution < -0.4 is 0 Å². The molecule has 0 aliphatic carbocycles. The van der Waals surface area contributed by atoms with E-state index in [1.165, 1.54) is 11.3 Å². The van der Waals surface area contributed by atoms with Crippen molar-refractivity contribution in [1.82, 2.24) is 4.98 Å². The third-order valence-corrected chi connectivity index (χ3v) is 4.00. The number of thiophene rings is 1. The van der Waals surface area contributed by atoms with Gasteiger partial charge in [-0.3, -0.25) is 0 Å². The first-order chi connectivity index (χ1) is 9.74. The van der Waals surface area contributed by atoms with Crippen molar-refractivity contribution in [3.63, 3.8) is 0 Å². The van der Waals surface area contributed by atoms with E-state index in [-0.39, 0.29) is 0 Å². The zero-order valence-corrected chi connectivity index (χ0v) is 11.6. The van der Waals surface area contributed by atoms with E-state index in [4.69, 9.17) is 4.84 Å². The Bertz CT molecular complexity index is 739. The molecular weight excluding hydrogens is 272 g/mol. The maximum absolute atomic E-state index is 12.0. The summed E-state index contributed by atoms with van der Waals surface area (Å²) < 4.78 is 1.06. The average Bonchev–Trinajstić information content (AvgIpc) is 3.12. The van der Waals surface area contributed by atoms with Gasteiger partial charge in [-0.25, -0.2) is 4.79 Å². The lowest BCUT2D eigenvalue weighted by Gasteiger charge is -1.96. The fraction of sp³-hybridized carbons (Fsp3) is 0.0667. The maximum Gasteiger partial charge on any atom is 0.375 e. The molecule has 0 saturated heterocycles. The van der Waals surface area contributed by atoms with Crippen LogP contribution in [0, 0.1) is 0 Å². The zero-order chi connectivity index (χ0) is 13.9. The van der Waals surface area contributed by atoms with Crippen LogP contribution in [-0.2, 0) is 4.84 Å². The molecule has 0 unspecified atom stereocenters. The second-order valence-electron chi connectivity index (χ2n) is 4.30. The Balaban J connectivity index is 1.78. The third-order valence-electron chi connectivity index (χ3n) is 2.91. The minimum atomic E-state index is -0.430. The molecule has 100 valence electrons. The predicted octanol–water partition coefficient (Wildman–Crippen LogP) is 3.81. The lowest BCUT2D eigenvalue weighted by atomic mass is 10.2. The van der Waals surface area contributed by atoms with E-state index in [1.54, 1.807) is 19.3 Å². The van der Waals surface area contributed by atoms with E-state index in [9.17, 15) is 4.79 Å². The average molecular weight is 284 g/mol. The minimum absolute atomic E-state index is 0.430. The van der Waals surface area contributed by atoms with Crippen molar-refractivity contribution in [2.45, 2.75) is 6.92 Å². The van der Waals surface area contributed by atoms with Crippen LogP contribution >= 0.6 is 11.3 Å². The summed E-state index contributed by atoms with van der Waals surface area (Å²) in [6.07, 6.45) is 3.59.